The summed E-state index contributed by atoms with van der Waals surface area (Å²) in [7, 11) is 0. The number of aryl methyl sites for hydroxylation is 1. The lowest BCUT2D eigenvalue weighted by Crippen LogP contribution is -2.39. The van der Waals surface area contributed by atoms with Gasteiger partial charge in [-0.15, -0.1) is 10.2 Å². The number of nitrogens with one attached hydrogen (secondary N) is 1. The zero-order chi connectivity index (χ0) is 29.3. The van der Waals surface area contributed by atoms with Crippen LogP contribution in [0.3, 0.4) is 0 Å². The first-order valence-electron chi connectivity index (χ1n) is 14.9. The second-order valence-corrected chi connectivity index (χ2v) is 11.0. The summed E-state index contributed by atoms with van der Waals surface area (Å²) in [5, 5.41) is 14.6. The summed E-state index contributed by atoms with van der Waals surface area (Å²) in [5.41, 5.74) is 4.75. The van der Waals surface area contributed by atoms with Crippen molar-refractivity contribution in [2.75, 3.05) is 0 Å². The molecular formula is C33H32N8O2. The molecule has 1 aliphatic carbocycles. The molecular weight excluding hydrogens is 540 g/mol. The molecule has 1 aliphatic rings. The molecule has 0 amide bonds. The van der Waals surface area contributed by atoms with Gasteiger partial charge in [0.25, 0.3) is 5.56 Å². The highest BCUT2D eigenvalue weighted by atomic mass is 16.2. The molecule has 0 atom stereocenters. The predicted molar refractivity (Wildman–Crippen MR) is 165 cm³/mol. The van der Waals surface area contributed by atoms with Gasteiger partial charge in [0, 0.05) is 24.6 Å². The minimum atomic E-state index is -0.365. The summed E-state index contributed by atoms with van der Waals surface area (Å²) in [5.74, 6) is 1.68. The lowest BCUT2D eigenvalue weighted by atomic mass is 9.88. The zero-order valence-electron chi connectivity index (χ0n) is 24.0. The van der Waals surface area contributed by atoms with Gasteiger partial charge < -0.3 is 4.57 Å². The van der Waals surface area contributed by atoms with Gasteiger partial charge in [-0.2, -0.15) is 5.21 Å². The zero-order valence-corrected chi connectivity index (χ0v) is 24.0. The van der Waals surface area contributed by atoms with Gasteiger partial charge in [-0.25, -0.2) is 14.3 Å². The number of aromatic nitrogens is 8. The number of hydrogen-bond donors (Lipinski definition) is 1. The van der Waals surface area contributed by atoms with Crippen molar-refractivity contribution < 1.29 is 0 Å². The van der Waals surface area contributed by atoms with Crippen LogP contribution in [0.1, 0.15) is 56.3 Å². The number of para-hydroxylation sites is 1. The number of aromatic amines is 1. The monoisotopic (exact) mass is 572 g/mol. The third kappa shape index (κ3) is 4.78. The topological polar surface area (TPSA) is 116 Å². The summed E-state index contributed by atoms with van der Waals surface area (Å²) >= 11 is 0. The lowest BCUT2D eigenvalue weighted by molar-refractivity contribution is 0.420. The van der Waals surface area contributed by atoms with Crippen molar-refractivity contribution in [3.8, 4) is 28.2 Å². The van der Waals surface area contributed by atoms with Crippen LogP contribution in [0.25, 0.3) is 39.4 Å². The van der Waals surface area contributed by atoms with Gasteiger partial charge >= 0.3 is 5.69 Å². The fourth-order valence-electron chi connectivity index (χ4n) is 6.36. The Morgan fingerprint density at radius 2 is 1.56 bits per heavy atom. The van der Waals surface area contributed by atoms with Gasteiger partial charge in [0.2, 0.25) is 5.82 Å². The predicted octanol–water partition coefficient (Wildman–Crippen LogP) is 5.31. The normalized spacial score (nSPS) is 14.0. The Hall–Kier alpha value is -5.12. The Morgan fingerprint density at radius 1 is 0.837 bits per heavy atom. The largest absolute Gasteiger partial charge is 0.337 e. The first-order valence-corrected chi connectivity index (χ1v) is 14.9. The highest BCUT2D eigenvalue weighted by Crippen LogP contribution is 2.34. The summed E-state index contributed by atoms with van der Waals surface area (Å²) in [6.07, 6.45) is 5.54. The molecule has 216 valence electrons. The third-order valence-corrected chi connectivity index (χ3v) is 8.48. The van der Waals surface area contributed by atoms with E-state index in [9.17, 15) is 9.59 Å². The number of hydrogen-bond acceptors (Lipinski definition) is 6. The van der Waals surface area contributed by atoms with Crippen LogP contribution in [0.15, 0.2) is 88.5 Å². The fraction of sp³-hybridized carbons (Fsp3) is 0.273. The van der Waals surface area contributed by atoms with Crippen LogP contribution in [-0.4, -0.2) is 39.3 Å². The van der Waals surface area contributed by atoms with Crippen LogP contribution < -0.4 is 11.2 Å². The third-order valence-electron chi connectivity index (χ3n) is 8.48. The summed E-state index contributed by atoms with van der Waals surface area (Å²) in [6, 6.07) is 25.4. The summed E-state index contributed by atoms with van der Waals surface area (Å²) in [4.78, 5) is 32.9. The molecule has 0 bridgehead atoms. The van der Waals surface area contributed by atoms with Crippen molar-refractivity contribution in [3.63, 3.8) is 0 Å². The highest BCUT2D eigenvalue weighted by molar-refractivity contribution is 5.80. The lowest BCUT2D eigenvalue weighted by Gasteiger charge is -2.22. The molecule has 6 aromatic rings. The summed E-state index contributed by atoms with van der Waals surface area (Å²) < 4.78 is 4.98. The van der Waals surface area contributed by atoms with Crippen LogP contribution in [0.2, 0.25) is 0 Å². The van der Waals surface area contributed by atoms with Gasteiger partial charge in [-0.1, -0.05) is 86.0 Å². The standard InChI is InChI=1S/C33H32N8O2/c1-2-39-31-28(32(42)41(33(39)43)25-13-7-4-8-14-25)40(30(34-31)24-11-5-3-6-12-24)21-22-17-19-23(20-18-22)26-15-9-10-16-27(26)29-35-37-38-36-29/h4,7-10,13-20,24H,2-3,5-6,11-12,21H2,1H3,(H,35,36,37,38). The molecule has 0 aliphatic heterocycles. The molecule has 1 saturated carbocycles. The Labute approximate surface area is 247 Å². The van der Waals surface area contributed by atoms with E-state index in [0.29, 0.717) is 35.8 Å². The van der Waals surface area contributed by atoms with E-state index in [0.717, 1.165) is 53.8 Å². The number of fused-ring (bicyclic) bond motifs is 1. The van der Waals surface area contributed by atoms with E-state index in [4.69, 9.17) is 4.98 Å². The fourth-order valence-corrected chi connectivity index (χ4v) is 6.36. The minimum Gasteiger partial charge on any atom is -0.317 e. The van der Waals surface area contributed by atoms with Gasteiger partial charge in [-0.3, -0.25) is 9.36 Å². The molecule has 10 heteroatoms. The van der Waals surface area contributed by atoms with E-state index >= 15 is 0 Å². The van der Waals surface area contributed by atoms with Gasteiger partial charge in [0.1, 0.15) is 5.82 Å². The highest BCUT2D eigenvalue weighted by Gasteiger charge is 2.27. The minimum absolute atomic E-state index is 0.243. The molecule has 1 fully saturated rings. The Morgan fingerprint density at radius 3 is 2.26 bits per heavy atom. The van der Waals surface area contributed by atoms with Crippen molar-refractivity contribution >= 4 is 11.2 Å². The second kappa shape index (κ2) is 11.3. The molecule has 3 heterocycles. The van der Waals surface area contributed by atoms with E-state index in [2.05, 4.69) is 49.5 Å². The van der Waals surface area contributed by atoms with Gasteiger partial charge in [0.15, 0.2) is 11.2 Å². The Kier molecular flexibility index (Phi) is 7.02. The van der Waals surface area contributed by atoms with Crippen molar-refractivity contribution in [1.29, 1.82) is 0 Å². The number of tetrazole rings is 1. The quantitative estimate of drug-likeness (QED) is 0.277. The number of imidazole rings is 1. The smallest absolute Gasteiger partial charge is 0.317 e. The Bertz CT molecular complexity index is 2000. The van der Waals surface area contributed by atoms with Crippen LogP contribution in [0, 0.1) is 0 Å². The summed E-state index contributed by atoms with van der Waals surface area (Å²) in [6.45, 7) is 2.81. The SMILES string of the molecule is CCn1c(=O)n(-c2ccccc2)c(=O)c2c1nc(C1CCCCC1)n2Cc1ccc(-c2ccccc2-c2nn[nH]n2)cc1. The van der Waals surface area contributed by atoms with E-state index in [1.54, 1.807) is 16.7 Å². The molecule has 1 N–H and O–H groups in total. The molecule has 0 radical (unpaired) electrons. The molecule has 7 rings (SSSR count). The molecule has 0 saturated heterocycles. The average Bonchev–Trinajstić information content (AvgIpc) is 3.72. The van der Waals surface area contributed by atoms with Crippen molar-refractivity contribution in [2.24, 2.45) is 0 Å². The van der Waals surface area contributed by atoms with Crippen LogP contribution in [0.5, 0.6) is 0 Å². The van der Waals surface area contributed by atoms with E-state index in [-0.39, 0.29) is 17.2 Å². The number of H-pyrrole nitrogens is 1. The molecule has 0 spiro atoms. The maximum Gasteiger partial charge on any atom is 0.337 e. The molecule has 0 unspecified atom stereocenters. The molecule has 3 aromatic heterocycles. The van der Waals surface area contributed by atoms with Crippen LogP contribution in [-0.2, 0) is 13.1 Å². The molecule has 43 heavy (non-hydrogen) atoms. The molecule has 10 nitrogen and oxygen atoms in total. The Balaban J connectivity index is 1.36. The van der Waals surface area contributed by atoms with E-state index in [1.165, 1.54) is 11.0 Å². The van der Waals surface area contributed by atoms with Crippen molar-refractivity contribution in [3.05, 3.63) is 111 Å². The van der Waals surface area contributed by atoms with E-state index in [1.807, 2.05) is 49.4 Å². The first-order chi connectivity index (χ1) is 21.1. The molecule has 3 aromatic carbocycles. The van der Waals surface area contributed by atoms with Gasteiger partial charge in [0.05, 0.1) is 5.69 Å². The van der Waals surface area contributed by atoms with Crippen LogP contribution >= 0.6 is 0 Å². The van der Waals surface area contributed by atoms with Gasteiger partial charge in [-0.05, 0) is 53.8 Å². The van der Waals surface area contributed by atoms with E-state index < -0.39 is 0 Å². The average molecular weight is 573 g/mol. The van der Waals surface area contributed by atoms with Crippen molar-refractivity contribution in [2.45, 2.75) is 58.0 Å². The number of benzene rings is 3. The first kappa shape index (κ1) is 26.8. The maximum atomic E-state index is 14.2. The second-order valence-electron chi connectivity index (χ2n) is 11.0. The number of nitrogens with zero attached hydrogens (tertiary/aromatic N) is 7. The van der Waals surface area contributed by atoms with Crippen molar-refractivity contribution in [1.82, 2.24) is 39.3 Å². The van der Waals surface area contributed by atoms with Crippen LogP contribution in [0.4, 0.5) is 0 Å². The maximum absolute atomic E-state index is 14.2. The number of rotatable bonds is 7.